The summed E-state index contributed by atoms with van der Waals surface area (Å²) in [6.45, 7) is 1.90. The standard InChI is InChI=1S/C21H14Cl2N2O3/c1-12-4-5-13(21-25-18-11-14(22)10-16(23)20(18)28-21)9-17(12)24-19(26)7-6-15-3-2-8-27-15/h2-11H,1H3,(H,24,26). The van der Waals surface area contributed by atoms with Crippen LogP contribution < -0.4 is 5.32 Å². The number of hydrogen-bond donors (Lipinski definition) is 1. The quantitative estimate of drug-likeness (QED) is 0.396. The van der Waals surface area contributed by atoms with E-state index in [0.717, 1.165) is 5.56 Å². The molecule has 5 nitrogen and oxygen atoms in total. The summed E-state index contributed by atoms with van der Waals surface area (Å²) in [5.74, 6) is 0.715. The number of hydrogen-bond acceptors (Lipinski definition) is 4. The Labute approximate surface area is 170 Å². The number of aryl methyl sites for hydroxylation is 1. The Balaban J connectivity index is 1.62. The average Bonchev–Trinajstić information content (AvgIpc) is 3.31. The van der Waals surface area contributed by atoms with Gasteiger partial charge in [0.15, 0.2) is 5.58 Å². The fraction of sp³-hybridized carbons (Fsp3) is 0.0476. The number of halogens is 2. The number of anilines is 1. The van der Waals surface area contributed by atoms with E-state index in [4.69, 9.17) is 32.0 Å². The summed E-state index contributed by atoms with van der Waals surface area (Å²) in [6.07, 6.45) is 4.55. The molecule has 4 rings (SSSR count). The molecule has 2 aromatic heterocycles. The molecule has 1 amide bonds. The molecule has 0 atom stereocenters. The van der Waals surface area contributed by atoms with Gasteiger partial charge in [0.2, 0.25) is 11.8 Å². The molecule has 0 aliphatic heterocycles. The first kappa shape index (κ1) is 18.3. The zero-order valence-electron chi connectivity index (χ0n) is 14.7. The number of nitrogens with zero attached hydrogens (tertiary/aromatic N) is 1. The zero-order valence-corrected chi connectivity index (χ0v) is 16.2. The maximum Gasteiger partial charge on any atom is 0.248 e. The van der Waals surface area contributed by atoms with Crippen LogP contribution >= 0.6 is 23.2 Å². The van der Waals surface area contributed by atoms with Gasteiger partial charge in [-0.1, -0.05) is 29.3 Å². The van der Waals surface area contributed by atoms with E-state index >= 15 is 0 Å². The molecule has 28 heavy (non-hydrogen) atoms. The molecule has 0 bridgehead atoms. The number of carbonyl (C=O) groups is 1. The fourth-order valence-electron chi connectivity index (χ4n) is 2.69. The van der Waals surface area contributed by atoms with Crippen molar-refractivity contribution in [3.8, 4) is 11.5 Å². The smallest absolute Gasteiger partial charge is 0.248 e. The maximum absolute atomic E-state index is 12.2. The highest BCUT2D eigenvalue weighted by Gasteiger charge is 2.14. The molecule has 0 saturated carbocycles. The molecule has 1 N–H and O–H groups in total. The number of oxazole rings is 1. The average molecular weight is 413 g/mol. The molecule has 0 aliphatic carbocycles. The topological polar surface area (TPSA) is 68.3 Å². The zero-order chi connectivity index (χ0) is 19.7. The third kappa shape index (κ3) is 3.81. The maximum atomic E-state index is 12.2. The lowest BCUT2D eigenvalue weighted by molar-refractivity contribution is -0.111. The monoisotopic (exact) mass is 412 g/mol. The molecule has 0 fully saturated rings. The molecular weight excluding hydrogens is 399 g/mol. The Morgan fingerprint density at radius 1 is 1.18 bits per heavy atom. The van der Waals surface area contributed by atoms with Crippen molar-refractivity contribution < 1.29 is 13.6 Å². The van der Waals surface area contributed by atoms with Crippen molar-refractivity contribution in [3.05, 3.63) is 76.2 Å². The number of furan rings is 1. The third-order valence-corrected chi connectivity index (χ3v) is 4.59. The Bertz CT molecular complexity index is 1190. The summed E-state index contributed by atoms with van der Waals surface area (Å²) in [5.41, 5.74) is 3.30. The number of rotatable bonds is 4. The van der Waals surface area contributed by atoms with E-state index in [9.17, 15) is 4.79 Å². The molecule has 7 heteroatoms. The van der Waals surface area contributed by atoms with E-state index < -0.39 is 0 Å². The molecule has 0 saturated heterocycles. The van der Waals surface area contributed by atoms with E-state index in [1.807, 2.05) is 19.1 Å². The minimum Gasteiger partial charge on any atom is -0.465 e. The molecule has 2 aromatic carbocycles. The summed E-state index contributed by atoms with van der Waals surface area (Å²) in [5, 5.41) is 3.73. The highest BCUT2D eigenvalue weighted by molar-refractivity contribution is 6.38. The Hall–Kier alpha value is -3.02. The molecule has 140 valence electrons. The van der Waals surface area contributed by atoms with Crippen LogP contribution in [0.5, 0.6) is 0 Å². The number of amides is 1. The molecule has 2 heterocycles. The first-order valence-corrected chi connectivity index (χ1v) is 9.14. The van der Waals surface area contributed by atoms with Crippen LogP contribution in [0.2, 0.25) is 10.0 Å². The van der Waals surface area contributed by atoms with Gasteiger partial charge in [0.25, 0.3) is 0 Å². The van der Waals surface area contributed by atoms with Crippen molar-refractivity contribution >= 4 is 52.0 Å². The van der Waals surface area contributed by atoms with Gasteiger partial charge in [-0.2, -0.15) is 0 Å². The Morgan fingerprint density at radius 3 is 2.82 bits per heavy atom. The van der Waals surface area contributed by atoms with Gasteiger partial charge in [-0.3, -0.25) is 4.79 Å². The Morgan fingerprint density at radius 2 is 2.04 bits per heavy atom. The third-order valence-electron chi connectivity index (χ3n) is 4.09. The first-order chi connectivity index (χ1) is 13.5. The van der Waals surface area contributed by atoms with E-state index in [-0.39, 0.29) is 5.91 Å². The molecule has 0 spiro atoms. The molecule has 4 aromatic rings. The predicted octanol–water partition coefficient (Wildman–Crippen LogP) is 6.35. The summed E-state index contributed by atoms with van der Waals surface area (Å²) in [7, 11) is 0. The number of benzene rings is 2. The van der Waals surface area contributed by atoms with Gasteiger partial charge in [0.05, 0.1) is 11.3 Å². The van der Waals surface area contributed by atoms with E-state index in [1.165, 1.54) is 6.08 Å². The van der Waals surface area contributed by atoms with Crippen molar-refractivity contribution in [2.24, 2.45) is 0 Å². The molecular formula is C21H14Cl2N2O3. The van der Waals surface area contributed by atoms with Crippen molar-refractivity contribution in [1.82, 2.24) is 4.98 Å². The van der Waals surface area contributed by atoms with Crippen LogP contribution in [0.15, 0.2) is 63.6 Å². The van der Waals surface area contributed by atoms with Gasteiger partial charge >= 0.3 is 0 Å². The predicted molar refractivity (Wildman–Crippen MR) is 111 cm³/mol. The normalized spacial score (nSPS) is 11.4. The Kier molecular flexibility index (Phi) is 4.94. The minimum atomic E-state index is -0.274. The van der Waals surface area contributed by atoms with E-state index in [2.05, 4.69) is 10.3 Å². The number of nitrogens with one attached hydrogen (secondary N) is 1. The van der Waals surface area contributed by atoms with Gasteiger partial charge in [-0.05, 0) is 55.0 Å². The summed E-state index contributed by atoms with van der Waals surface area (Å²) < 4.78 is 11.0. The van der Waals surface area contributed by atoms with Gasteiger partial charge in [0, 0.05) is 22.3 Å². The van der Waals surface area contributed by atoms with Gasteiger partial charge < -0.3 is 14.2 Å². The molecule has 0 radical (unpaired) electrons. The summed E-state index contributed by atoms with van der Waals surface area (Å²) in [4.78, 5) is 16.7. The van der Waals surface area contributed by atoms with Gasteiger partial charge in [-0.15, -0.1) is 0 Å². The second-order valence-corrected chi connectivity index (χ2v) is 6.97. The van der Waals surface area contributed by atoms with Crippen LogP contribution in [0, 0.1) is 6.92 Å². The molecule has 0 aliphatic rings. The lowest BCUT2D eigenvalue weighted by Crippen LogP contribution is -2.09. The van der Waals surface area contributed by atoms with Crippen molar-refractivity contribution in [2.75, 3.05) is 5.32 Å². The fourth-order valence-corrected chi connectivity index (χ4v) is 3.21. The van der Waals surface area contributed by atoms with E-state index in [1.54, 1.807) is 42.7 Å². The lowest BCUT2D eigenvalue weighted by atomic mass is 10.1. The van der Waals surface area contributed by atoms with Crippen LogP contribution in [0.25, 0.3) is 28.6 Å². The van der Waals surface area contributed by atoms with Crippen molar-refractivity contribution in [1.29, 1.82) is 0 Å². The second-order valence-electron chi connectivity index (χ2n) is 6.12. The number of carbonyl (C=O) groups excluding carboxylic acids is 1. The van der Waals surface area contributed by atoms with Crippen LogP contribution in [0.1, 0.15) is 11.3 Å². The van der Waals surface area contributed by atoms with Crippen LogP contribution in [-0.2, 0) is 4.79 Å². The van der Waals surface area contributed by atoms with Crippen LogP contribution in [0.3, 0.4) is 0 Å². The largest absolute Gasteiger partial charge is 0.465 e. The van der Waals surface area contributed by atoms with Crippen molar-refractivity contribution in [3.63, 3.8) is 0 Å². The number of aromatic nitrogens is 1. The minimum absolute atomic E-state index is 0.274. The lowest BCUT2D eigenvalue weighted by Gasteiger charge is -2.07. The van der Waals surface area contributed by atoms with Crippen LogP contribution in [-0.4, -0.2) is 10.9 Å². The summed E-state index contributed by atoms with van der Waals surface area (Å²) in [6, 6.07) is 12.4. The highest BCUT2D eigenvalue weighted by atomic mass is 35.5. The SMILES string of the molecule is Cc1ccc(-c2nc3cc(Cl)cc(Cl)c3o2)cc1NC(=O)C=Cc1ccco1. The van der Waals surface area contributed by atoms with Gasteiger partial charge in [0.1, 0.15) is 11.3 Å². The highest BCUT2D eigenvalue weighted by Crippen LogP contribution is 2.33. The van der Waals surface area contributed by atoms with Gasteiger partial charge in [-0.25, -0.2) is 4.98 Å². The summed E-state index contributed by atoms with van der Waals surface area (Å²) >= 11 is 12.2. The number of fused-ring (bicyclic) bond motifs is 1. The van der Waals surface area contributed by atoms with Crippen molar-refractivity contribution in [2.45, 2.75) is 6.92 Å². The molecule has 0 unspecified atom stereocenters. The van der Waals surface area contributed by atoms with E-state index in [0.29, 0.717) is 44.0 Å². The second kappa shape index (κ2) is 7.54. The first-order valence-electron chi connectivity index (χ1n) is 8.39. The van der Waals surface area contributed by atoms with Crippen LogP contribution in [0.4, 0.5) is 5.69 Å².